The van der Waals surface area contributed by atoms with Crippen molar-refractivity contribution in [2.75, 3.05) is 0 Å². The van der Waals surface area contributed by atoms with E-state index >= 15 is 0 Å². The fourth-order valence-electron chi connectivity index (χ4n) is 3.41. The number of benzene rings is 1. The lowest BCUT2D eigenvalue weighted by atomic mass is 9.94. The lowest BCUT2D eigenvalue weighted by molar-refractivity contribution is 0.0975. The maximum absolute atomic E-state index is 14.5. The largest absolute Gasteiger partial charge is 0.294 e. The van der Waals surface area contributed by atoms with Gasteiger partial charge in [0.2, 0.25) is 0 Å². The van der Waals surface area contributed by atoms with Crippen LogP contribution in [0, 0.1) is 18.7 Å². The zero-order chi connectivity index (χ0) is 19.3. The fraction of sp³-hybridized carbons (Fsp3) is 0.409. The van der Waals surface area contributed by atoms with Crippen molar-refractivity contribution in [2.45, 2.75) is 52.4 Å². The van der Waals surface area contributed by atoms with Crippen LogP contribution < -0.4 is 0 Å². The van der Waals surface area contributed by atoms with Gasteiger partial charge in [-0.25, -0.2) is 4.39 Å². The second kappa shape index (κ2) is 6.25. The van der Waals surface area contributed by atoms with Crippen molar-refractivity contribution in [3.63, 3.8) is 0 Å². The van der Waals surface area contributed by atoms with Gasteiger partial charge in [0.15, 0.2) is 11.4 Å². The van der Waals surface area contributed by atoms with E-state index in [2.05, 4.69) is 31.0 Å². The van der Waals surface area contributed by atoms with Crippen LogP contribution in [-0.4, -0.2) is 20.4 Å². The summed E-state index contributed by atoms with van der Waals surface area (Å²) in [6.07, 6.45) is 4.64. The molecule has 1 aromatic carbocycles. The Morgan fingerprint density at radius 2 is 1.96 bits per heavy atom. The lowest BCUT2D eigenvalue weighted by Crippen LogP contribution is -2.15. The van der Waals surface area contributed by atoms with Crippen molar-refractivity contribution >= 4 is 11.4 Å². The zero-order valence-corrected chi connectivity index (χ0v) is 16.2. The number of aromatic nitrogens is 3. The molecule has 0 radical (unpaired) electrons. The first kappa shape index (κ1) is 17.8. The average Bonchev–Trinajstić information content (AvgIpc) is 3.30. The monoisotopic (exact) mass is 365 g/mol. The number of ketones is 1. The highest BCUT2D eigenvalue weighted by atomic mass is 19.1. The van der Waals surface area contributed by atoms with Crippen LogP contribution in [0.4, 0.5) is 4.39 Å². The van der Waals surface area contributed by atoms with Crippen LogP contribution in [0.15, 0.2) is 30.5 Å². The Kier molecular flexibility index (Phi) is 4.13. The molecule has 1 fully saturated rings. The molecule has 5 heteroatoms. The van der Waals surface area contributed by atoms with Crippen LogP contribution in [-0.2, 0) is 5.41 Å². The summed E-state index contributed by atoms with van der Waals surface area (Å²) in [4.78, 5) is 12.5. The van der Waals surface area contributed by atoms with Gasteiger partial charge in [0.1, 0.15) is 11.6 Å². The van der Waals surface area contributed by atoms with Crippen LogP contribution in [0.2, 0.25) is 0 Å². The van der Waals surface area contributed by atoms with E-state index in [0.717, 1.165) is 29.8 Å². The molecule has 0 saturated heterocycles. The molecule has 3 aromatic rings. The maximum Gasteiger partial charge on any atom is 0.163 e. The molecule has 0 atom stereocenters. The third kappa shape index (κ3) is 3.38. The number of hydrogen-bond acceptors (Lipinski definition) is 3. The SMILES string of the molecule is Cc1c(F)cc(C(=O)CC2CC2)cc1-c1ccn2c(C(C)(C)C)nnc2c1. The molecule has 0 aliphatic heterocycles. The predicted molar refractivity (Wildman–Crippen MR) is 103 cm³/mol. The van der Waals surface area contributed by atoms with Crippen LogP contribution in [0.1, 0.15) is 61.8 Å². The second-order valence-electron chi connectivity index (χ2n) is 8.62. The van der Waals surface area contributed by atoms with Crippen molar-refractivity contribution in [3.8, 4) is 11.1 Å². The summed E-state index contributed by atoms with van der Waals surface area (Å²) in [5, 5.41) is 8.59. The summed E-state index contributed by atoms with van der Waals surface area (Å²) >= 11 is 0. The summed E-state index contributed by atoms with van der Waals surface area (Å²) in [7, 11) is 0. The van der Waals surface area contributed by atoms with Crippen molar-refractivity contribution in [1.29, 1.82) is 0 Å². The number of hydrogen-bond donors (Lipinski definition) is 0. The molecule has 0 spiro atoms. The molecule has 1 saturated carbocycles. The van der Waals surface area contributed by atoms with E-state index in [1.165, 1.54) is 6.07 Å². The van der Waals surface area contributed by atoms with Crippen LogP contribution in [0.3, 0.4) is 0 Å². The number of rotatable bonds is 4. The smallest absolute Gasteiger partial charge is 0.163 e. The zero-order valence-electron chi connectivity index (χ0n) is 16.2. The molecule has 0 unspecified atom stereocenters. The molecule has 4 nitrogen and oxygen atoms in total. The Morgan fingerprint density at radius 1 is 1.22 bits per heavy atom. The fourth-order valence-corrected chi connectivity index (χ4v) is 3.41. The van der Waals surface area contributed by atoms with Crippen LogP contribution in [0.5, 0.6) is 0 Å². The Hall–Kier alpha value is -2.56. The van der Waals surface area contributed by atoms with E-state index in [9.17, 15) is 9.18 Å². The minimum absolute atomic E-state index is 0.0243. The number of fused-ring (bicyclic) bond motifs is 1. The first-order valence-electron chi connectivity index (χ1n) is 9.43. The number of Topliss-reactive ketones (excluding diaryl/α,β-unsaturated/α-hetero) is 1. The van der Waals surface area contributed by atoms with E-state index in [0.29, 0.717) is 29.1 Å². The van der Waals surface area contributed by atoms with Gasteiger partial charge in [0.25, 0.3) is 0 Å². The van der Waals surface area contributed by atoms with Crippen molar-refractivity contribution in [2.24, 2.45) is 5.92 Å². The molecule has 2 aromatic heterocycles. The van der Waals surface area contributed by atoms with Gasteiger partial charge in [0, 0.05) is 23.6 Å². The Bertz CT molecular complexity index is 1040. The van der Waals surface area contributed by atoms with Crippen molar-refractivity contribution in [3.05, 3.63) is 53.2 Å². The maximum atomic E-state index is 14.5. The quantitative estimate of drug-likeness (QED) is 0.603. The Balaban J connectivity index is 1.78. The number of nitrogens with zero attached hydrogens (tertiary/aromatic N) is 3. The van der Waals surface area contributed by atoms with Gasteiger partial charge >= 0.3 is 0 Å². The number of carbonyl (C=O) groups is 1. The summed E-state index contributed by atoms with van der Waals surface area (Å²) in [5.74, 6) is 1.04. The highest BCUT2D eigenvalue weighted by Crippen LogP contribution is 2.35. The van der Waals surface area contributed by atoms with E-state index in [1.54, 1.807) is 6.92 Å². The molecule has 1 aliphatic rings. The van der Waals surface area contributed by atoms with Crippen molar-refractivity contribution in [1.82, 2.24) is 14.6 Å². The van der Waals surface area contributed by atoms with Gasteiger partial charge < -0.3 is 0 Å². The van der Waals surface area contributed by atoms with Crippen molar-refractivity contribution < 1.29 is 9.18 Å². The molecule has 27 heavy (non-hydrogen) atoms. The normalized spacial score (nSPS) is 14.7. The minimum Gasteiger partial charge on any atom is -0.294 e. The highest BCUT2D eigenvalue weighted by molar-refractivity contribution is 5.98. The molecule has 0 amide bonds. The first-order chi connectivity index (χ1) is 12.7. The third-order valence-electron chi connectivity index (χ3n) is 5.23. The third-order valence-corrected chi connectivity index (χ3v) is 5.23. The molecule has 140 valence electrons. The van der Waals surface area contributed by atoms with E-state index in [1.807, 2.05) is 28.8 Å². The molecule has 4 rings (SSSR count). The first-order valence-corrected chi connectivity index (χ1v) is 9.43. The molecule has 0 bridgehead atoms. The molecular formula is C22H24FN3O. The number of halogens is 1. The van der Waals surface area contributed by atoms with Crippen LogP contribution in [0.25, 0.3) is 16.8 Å². The second-order valence-corrected chi connectivity index (χ2v) is 8.62. The standard InChI is InChI=1S/C22H24FN3O/c1-13-17(10-16(11-18(13)23)19(27)9-14-5-6-14)15-7-8-26-20(12-15)24-25-21(26)22(2,3)4/h7-8,10-12,14H,5-6,9H2,1-4H3. The van der Waals surface area contributed by atoms with E-state index < -0.39 is 0 Å². The minimum atomic E-state index is -0.344. The molecule has 2 heterocycles. The van der Waals surface area contributed by atoms with E-state index in [4.69, 9.17) is 0 Å². The topological polar surface area (TPSA) is 47.3 Å². The highest BCUT2D eigenvalue weighted by Gasteiger charge is 2.26. The summed E-state index contributed by atoms with van der Waals surface area (Å²) in [5.41, 5.74) is 3.16. The summed E-state index contributed by atoms with van der Waals surface area (Å²) in [6, 6.07) is 7.02. The average molecular weight is 365 g/mol. The van der Waals surface area contributed by atoms with Gasteiger partial charge in [-0.2, -0.15) is 0 Å². The Labute approximate surface area is 158 Å². The Morgan fingerprint density at radius 3 is 2.63 bits per heavy atom. The number of pyridine rings is 1. The summed E-state index contributed by atoms with van der Waals surface area (Å²) in [6.45, 7) is 8.01. The van der Waals surface area contributed by atoms with E-state index in [-0.39, 0.29) is 17.0 Å². The van der Waals surface area contributed by atoms with Gasteiger partial charge in [-0.15, -0.1) is 10.2 Å². The molecular weight excluding hydrogens is 341 g/mol. The lowest BCUT2D eigenvalue weighted by Gasteiger charge is -2.16. The summed E-state index contributed by atoms with van der Waals surface area (Å²) < 4.78 is 16.5. The van der Waals surface area contributed by atoms with Gasteiger partial charge in [-0.3, -0.25) is 9.20 Å². The van der Waals surface area contributed by atoms with Gasteiger partial charge in [0.05, 0.1) is 0 Å². The molecule has 0 N–H and O–H groups in total. The van der Waals surface area contributed by atoms with Gasteiger partial charge in [-0.1, -0.05) is 20.8 Å². The predicted octanol–water partition coefficient (Wildman–Crippen LogP) is 5.12. The van der Waals surface area contributed by atoms with Gasteiger partial charge in [-0.05, 0) is 66.6 Å². The molecule has 1 aliphatic carbocycles. The van der Waals surface area contributed by atoms with Crippen LogP contribution >= 0.6 is 0 Å². The number of carbonyl (C=O) groups excluding carboxylic acids is 1.